The number of ether oxygens (including phenoxy) is 1. The van der Waals surface area contributed by atoms with E-state index in [0.717, 1.165) is 12.3 Å². The molecule has 0 atom stereocenters. The highest BCUT2D eigenvalue weighted by molar-refractivity contribution is 5.16. The quantitative estimate of drug-likeness (QED) is 0.838. The van der Waals surface area contributed by atoms with Crippen LogP contribution >= 0.6 is 0 Å². The fraction of sp³-hybridized carbons (Fsp3) is 0.733. The topological polar surface area (TPSA) is 34.4 Å². The fourth-order valence-electron chi connectivity index (χ4n) is 2.39. The number of furan rings is 1. The van der Waals surface area contributed by atoms with Crippen LogP contribution in [0.5, 0.6) is 0 Å². The molecule has 0 aliphatic heterocycles. The molecular formula is C15H25NO2. The first kappa shape index (κ1) is 13.6. The highest BCUT2D eigenvalue weighted by Gasteiger charge is 2.15. The number of nitrogens with one attached hydrogen (secondary N) is 1. The van der Waals surface area contributed by atoms with Gasteiger partial charge in [0.2, 0.25) is 0 Å². The molecule has 1 aliphatic carbocycles. The standard InChI is InChI=1S/C15H25NO2/c1-12(2)16-10-13-8-9-17-15(13)11-18-14-6-4-3-5-7-14/h8-9,12,14,16H,3-7,10-11H2,1-2H3. The third-order valence-electron chi connectivity index (χ3n) is 3.54. The molecule has 1 aromatic heterocycles. The van der Waals surface area contributed by atoms with Crippen LogP contribution < -0.4 is 5.32 Å². The molecule has 0 unspecified atom stereocenters. The lowest BCUT2D eigenvalue weighted by Gasteiger charge is -2.21. The van der Waals surface area contributed by atoms with Gasteiger partial charge in [-0.2, -0.15) is 0 Å². The van der Waals surface area contributed by atoms with E-state index in [0.29, 0.717) is 18.8 Å². The van der Waals surface area contributed by atoms with Gasteiger partial charge in [0, 0.05) is 18.2 Å². The Balaban J connectivity index is 1.79. The molecule has 1 aliphatic rings. The lowest BCUT2D eigenvalue weighted by atomic mass is 9.98. The summed E-state index contributed by atoms with van der Waals surface area (Å²) in [6.45, 7) is 5.78. The first-order chi connectivity index (χ1) is 8.75. The average molecular weight is 251 g/mol. The SMILES string of the molecule is CC(C)NCc1ccoc1COC1CCCCC1. The van der Waals surface area contributed by atoms with E-state index in [9.17, 15) is 0 Å². The van der Waals surface area contributed by atoms with Gasteiger partial charge >= 0.3 is 0 Å². The molecule has 102 valence electrons. The summed E-state index contributed by atoms with van der Waals surface area (Å²) in [6.07, 6.45) is 8.60. The summed E-state index contributed by atoms with van der Waals surface area (Å²) in [6, 6.07) is 2.53. The lowest BCUT2D eigenvalue weighted by molar-refractivity contribution is 0.00830. The highest BCUT2D eigenvalue weighted by Crippen LogP contribution is 2.22. The Kier molecular flexibility index (Phi) is 5.26. The van der Waals surface area contributed by atoms with Crippen molar-refractivity contribution in [3.63, 3.8) is 0 Å². The van der Waals surface area contributed by atoms with Crippen LogP contribution in [-0.4, -0.2) is 12.1 Å². The smallest absolute Gasteiger partial charge is 0.133 e. The Morgan fingerprint density at radius 1 is 1.33 bits per heavy atom. The van der Waals surface area contributed by atoms with Crippen molar-refractivity contribution in [2.45, 2.75) is 71.2 Å². The van der Waals surface area contributed by atoms with Crippen LogP contribution in [0.1, 0.15) is 57.3 Å². The summed E-state index contributed by atoms with van der Waals surface area (Å²) < 4.78 is 11.5. The van der Waals surface area contributed by atoms with Gasteiger partial charge in [-0.25, -0.2) is 0 Å². The zero-order chi connectivity index (χ0) is 12.8. The molecule has 1 N–H and O–H groups in total. The minimum Gasteiger partial charge on any atom is -0.467 e. The first-order valence-corrected chi connectivity index (χ1v) is 7.16. The molecule has 3 heteroatoms. The lowest BCUT2D eigenvalue weighted by Crippen LogP contribution is -2.22. The first-order valence-electron chi connectivity index (χ1n) is 7.16. The van der Waals surface area contributed by atoms with Crippen molar-refractivity contribution >= 4 is 0 Å². The van der Waals surface area contributed by atoms with Crippen molar-refractivity contribution in [3.8, 4) is 0 Å². The minimum absolute atomic E-state index is 0.440. The minimum atomic E-state index is 0.440. The van der Waals surface area contributed by atoms with Gasteiger partial charge in [-0.05, 0) is 18.9 Å². The molecule has 0 spiro atoms. The molecule has 1 saturated carbocycles. The van der Waals surface area contributed by atoms with E-state index >= 15 is 0 Å². The van der Waals surface area contributed by atoms with Gasteiger partial charge in [-0.3, -0.25) is 0 Å². The van der Waals surface area contributed by atoms with Crippen molar-refractivity contribution in [3.05, 3.63) is 23.7 Å². The Labute approximate surface area is 110 Å². The second kappa shape index (κ2) is 6.95. The summed E-state index contributed by atoms with van der Waals surface area (Å²) in [4.78, 5) is 0. The number of hydrogen-bond donors (Lipinski definition) is 1. The van der Waals surface area contributed by atoms with Crippen molar-refractivity contribution in [1.29, 1.82) is 0 Å². The molecule has 0 saturated heterocycles. The molecule has 1 aromatic rings. The Morgan fingerprint density at radius 2 is 2.11 bits per heavy atom. The maximum atomic E-state index is 5.95. The van der Waals surface area contributed by atoms with Gasteiger partial charge in [-0.15, -0.1) is 0 Å². The summed E-state index contributed by atoms with van der Waals surface area (Å²) in [5, 5.41) is 3.41. The molecule has 0 amide bonds. The second-order valence-electron chi connectivity index (χ2n) is 5.48. The predicted molar refractivity (Wildman–Crippen MR) is 72.3 cm³/mol. The molecule has 1 heterocycles. The van der Waals surface area contributed by atoms with Crippen molar-refractivity contribution in [2.75, 3.05) is 0 Å². The predicted octanol–water partition coefficient (Wildman–Crippen LogP) is 3.63. The third-order valence-corrected chi connectivity index (χ3v) is 3.54. The van der Waals surface area contributed by atoms with Crippen LogP contribution in [0.25, 0.3) is 0 Å². The van der Waals surface area contributed by atoms with Gasteiger partial charge < -0.3 is 14.5 Å². The normalized spacial score (nSPS) is 17.5. The molecular weight excluding hydrogens is 226 g/mol. The van der Waals surface area contributed by atoms with Crippen LogP contribution in [0.3, 0.4) is 0 Å². The van der Waals surface area contributed by atoms with Crippen LogP contribution in [-0.2, 0) is 17.9 Å². The number of rotatable bonds is 6. The summed E-state index contributed by atoms with van der Waals surface area (Å²) in [5.74, 6) is 0.980. The van der Waals surface area contributed by atoms with E-state index in [1.807, 2.05) is 6.07 Å². The van der Waals surface area contributed by atoms with Gasteiger partial charge in [0.05, 0.1) is 12.4 Å². The van der Waals surface area contributed by atoms with Gasteiger partial charge in [0.25, 0.3) is 0 Å². The van der Waals surface area contributed by atoms with Crippen LogP contribution in [0.4, 0.5) is 0 Å². The third kappa shape index (κ3) is 4.14. The molecule has 2 rings (SSSR count). The van der Waals surface area contributed by atoms with Gasteiger partial charge in [-0.1, -0.05) is 33.1 Å². The Hall–Kier alpha value is -0.800. The molecule has 1 fully saturated rings. The monoisotopic (exact) mass is 251 g/mol. The van der Waals surface area contributed by atoms with Gasteiger partial charge in [0.15, 0.2) is 0 Å². The molecule has 0 radical (unpaired) electrons. The van der Waals surface area contributed by atoms with E-state index in [4.69, 9.17) is 9.15 Å². The summed E-state index contributed by atoms with van der Waals surface area (Å²) in [5.41, 5.74) is 1.22. The van der Waals surface area contributed by atoms with E-state index in [1.54, 1.807) is 6.26 Å². The average Bonchev–Trinajstić information content (AvgIpc) is 2.82. The maximum Gasteiger partial charge on any atom is 0.133 e. The van der Waals surface area contributed by atoms with Crippen molar-refractivity contribution < 1.29 is 9.15 Å². The second-order valence-corrected chi connectivity index (χ2v) is 5.48. The summed E-state index contributed by atoms with van der Waals surface area (Å²) in [7, 11) is 0. The van der Waals surface area contributed by atoms with Crippen LogP contribution in [0.15, 0.2) is 16.7 Å². The molecule has 18 heavy (non-hydrogen) atoms. The van der Waals surface area contributed by atoms with E-state index in [1.165, 1.54) is 37.7 Å². The van der Waals surface area contributed by atoms with Crippen molar-refractivity contribution in [2.24, 2.45) is 0 Å². The largest absolute Gasteiger partial charge is 0.467 e. The van der Waals surface area contributed by atoms with Crippen LogP contribution in [0.2, 0.25) is 0 Å². The Morgan fingerprint density at radius 3 is 2.83 bits per heavy atom. The maximum absolute atomic E-state index is 5.95. The Bertz CT molecular complexity index is 340. The molecule has 0 aromatic carbocycles. The molecule has 0 bridgehead atoms. The molecule has 3 nitrogen and oxygen atoms in total. The van der Waals surface area contributed by atoms with Crippen molar-refractivity contribution in [1.82, 2.24) is 5.32 Å². The van der Waals surface area contributed by atoms with E-state index < -0.39 is 0 Å². The number of hydrogen-bond acceptors (Lipinski definition) is 3. The van der Waals surface area contributed by atoms with Crippen LogP contribution in [0, 0.1) is 0 Å². The zero-order valence-electron chi connectivity index (χ0n) is 11.6. The fourth-order valence-corrected chi connectivity index (χ4v) is 2.39. The highest BCUT2D eigenvalue weighted by atomic mass is 16.5. The zero-order valence-corrected chi connectivity index (χ0v) is 11.6. The summed E-state index contributed by atoms with van der Waals surface area (Å²) >= 11 is 0. The van der Waals surface area contributed by atoms with E-state index in [2.05, 4.69) is 19.2 Å². The van der Waals surface area contributed by atoms with E-state index in [-0.39, 0.29) is 0 Å². The van der Waals surface area contributed by atoms with Gasteiger partial charge in [0.1, 0.15) is 12.4 Å².